The Morgan fingerprint density at radius 1 is 1.75 bits per heavy atom. The molecule has 94 valence electrons. The second-order valence-corrected chi connectivity index (χ2v) is 3.99. The molecule has 0 spiro atoms. The Labute approximate surface area is 95.7 Å². The monoisotopic (exact) mass is 231 g/mol. The second kappa shape index (κ2) is 6.80. The average molecular weight is 231 g/mol. The molecule has 0 bridgehead atoms. The first-order valence-corrected chi connectivity index (χ1v) is 5.66. The standard InChI is InChI=1S/C10H21N3O3/c1-2-13-3-4-16-8(7-13)5-12-6-9(11)10(14)15/h8-9,12H,2-7,11H2,1H3,(H,14,15). The highest BCUT2D eigenvalue weighted by atomic mass is 16.5. The van der Waals surface area contributed by atoms with Gasteiger partial charge in [0.15, 0.2) is 0 Å². The van der Waals surface area contributed by atoms with Gasteiger partial charge in [-0.15, -0.1) is 0 Å². The number of likely N-dealkylation sites (N-methyl/N-ethyl adjacent to an activating group) is 1. The highest BCUT2D eigenvalue weighted by molar-refractivity contribution is 5.73. The van der Waals surface area contributed by atoms with Crippen LogP contribution in [0.15, 0.2) is 0 Å². The lowest BCUT2D eigenvalue weighted by Gasteiger charge is -2.32. The van der Waals surface area contributed by atoms with Crippen LogP contribution in [0.4, 0.5) is 0 Å². The largest absolute Gasteiger partial charge is 0.480 e. The van der Waals surface area contributed by atoms with E-state index in [0.717, 1.165) is 26.2 Å². The molecule has 0 radical (unpaired) electrons. The first-order chi connectivity index (χ1) is 7.63. The van der Waals surface area contributed by atoms with Crippen molar-refractivity contribution in [3.63, 3.8) is 0 Å². The number of nitrogens with zero attached hydrogens (tertiary/aromatic N) is 1. The highest BCUT2D eigenvalue weighted by Crippen LogP contribution is 2.03. The van der Waals surface area contributed by atoms with Crippen LogP contribution in [0, 0.1) is 0 Å². The van der Waals surface area contributed by atoms with Gasteiger partial charge in [-0.25, -0.2) is 0 Å². The van der Waals surface area contributed by atoms with Crippen molar-refractivity contribution in [1.29, 1.82) is 0 Å². The number of carboxylic acid groups (broad SMARTS) is 1. The molecule has 4 N–H and O–H groups in total. The number of nitrogens with one attached hydrogen (secondary N) is 1. The molecule has 1 aliphatic heterocycles. The van der Waals surface area contributed by atoms with E-state index < -0.39 is 12.0 Å². The van der Waals surface area contributed by atoms with Crippen molar-refractivity contribution in [3.8, 4) is 0 Å². The summed E-state index contributed by atoms with van der Waals surface area (Å²) in [5.74, 6) is -0.979. The van der Waals surface area contributed by atoms with Crippen LogP contribution in [0.3, 0.4) is 0 Å². The quantitative estimate of drug-likeness (QED) is 0.527. The predicted molar refractivity (Wildman–Crippen MR) is 60.3 cm³/mol. The van der Waals surface area contributed by atoms with Gasteiger partial charge in [0.1, 0.15) is 6.04 Å². The van der Waals surface area contributed by atoms with Gasteiger partial charge in [0.05, 0.1) is 12.7 Å². The van der Waals surface area contributed by atoms with E-state index in [1.807, 2.05) is 0 Å². The van der Waals surface area contributed by atoms with Gasteiger partial charge in [-0.05, 0) is 6.54 Å². The number of hydrogen-bond acceptors (Lipinski definition) is 5. The fraction of sp³-hybridized carbons (Fsp3) is 0.900. The van der Waals surface area contributed by atoms with Crippen LogP contribution < -0.4 is 11.1 Å². The normalized spacial score (nSPS) is 24.2. The molecule has 2 unspecified atom stereocenters. The highest BCUT2D eigenvalue weighted by Gasteiger charge is 2.19. The van der Waals surface area contributed by atoms with E-state index in [-0.39, 0.29) is 12.6 Å². The van der Waals surface area contributed by atoms with Crippen molar-refractivity contribution in [2.45, 2.75) is 19.1 Å². The number of nitrogens with two attached hydrogens (primary N) is 1. The van der Waals surface area contributed by atoms with Gasteiger partial charge in [-0.2, -0.15) is 0 Å². The van der Waals surface area contributed by atoms with Gasteiger partial charge in [0, 0.05) is 26.2 Å². The molecule has 0 saturated carbocycles. The van der Waals surface area contributed by atoms with Crippen molar-refractivity contribution < 1.29 is 14.6 Å². The van der Waals surface area contributed by atoms with Crippen LogP contribution in [0.1, 0.15) is 6.92 Å². The topological polar surface area (TPSA) is 87.8 Å². The molecule has 6 heteroatoms. The molecular formula is C10H21N3O3. The summed E-state index contributed by atoms with van der Waals surface area (Å²) in [5.41, 5.74) is 5.37. The fourth-order valence-electron chi connectivity index (χ4n) is 1.68. The molecule has 1 rings (SSSR count). The lowest BCUT2D eigenvalue weighted by atomic mass is 10.2. The molecule has 6 nitrogen and oxygen atoms in total. The third kappa shape index (κ3) is 4.44. The van der Waals surface area contributed by atoms with Gasteiger partial charge >= 0.3 is 5.97 Å². The zero-order valence-corrected chi connectivity index (χ0v) is 9.69. The number of ether oxygens (including phenoxy) is 1. The number of rotatable bonds is 6. The van der Waals surface area contributed by atoms with Gasteiger partial charge in [0.2, 0.25) is 0 Å². The summed E-state index contributed by atoms with van der Waals surface area (Å²) in [6, 6.07) is -0.842. The number of aliphatic carboxylic acids is 1. The van der Waals surface area contributed by atoms with Crippen molar-refractivity contribution in [1.82, 2.24) is 10.2 Å². The van der Waals surface area contributed by atoms with Crippen LogP contribution in [0.5, 0.6) is 0 Å². The van der Waals surface area contributed by atoms with Crippen molar-refractivity contribution in [2.75, 3.05) is 39.3 Å². The minimum Gasteiger partial charge on any atom is -0.480 e. The van der Waals surface area contributed by atoms with E-state index in [1.165, 1.54) is 0 Å². The maximum Gasteiger partial charge on any atom is 0.321 e. The lowest BCUT2D eigenvalue weighted by Crippen LogP contribution is -2.48. The Hall–Kier alpha value is -0.690. The number of carbonyl (C=O) groups is 1. The van der Waals surface area contributed by atoms with E-state index in [9.17, 15) is 4.79 Å². The Morgan fingerprint density at radius 2 is 2.50 bits per heavy atom. The smallest absolute Gasteiger partial charge is 0.321 e. The minimum absolute atomic E-state index is 0.134. The molecule has 0 amide bonds. The third-order valence-corrected chi connectivity index (χ3v) is 2.72. The first kappa shape index (κ1) is 13.4. The number of morpholine rings is 1. The Morgan fingerprint density at radius 3 is 3.12 bits per heavy atom. The van der Waals surface area contributed by atoms with Crippen LogP contribution >= 0.6 is 0 Å². The molecule has 1 fully saturated rings. The summed E-state index contributed by atoms with van der Waals surface area (Å²) in [6.07, 6.45) is 0.134. The van der Waals surface area contributed by atoms with E-state index in [4.69, 9.17) is 15.6 Å². The Balaban J connectivity index is 2.15. The van der Waals surface area contributed by atoms with Gasteiger partial charge in [-0.3, -0.25) is 9.69 Å². The maximum absolute atomic E-state index is 10.5. The Bertz CT molecular complexity index is 225. The maximum atomic E-state index is 10.5. The van der Waals surface area contributed by atoms with E-state index >= 15 is 0 Å². The molecule has 1 saturated heterocycles. The Kier molecular flexibility index (Phi) is 5.68. The van der Waals surface area contributed by atoms with Crippen molar-refractivity contribution in [2.24, 2.45) is 5.73 Å². The number of hydrogen-bond donors (Lipinski definition) is 3. The molecule has 0 aromatic carbocycles. The van der Waals surface area contributed by atoms with Crippen LogP contribution in [0.2, 0.25) is 0 Å². The van der Waals surface area contributed by atoms with Crippen LogP contribution in [-0.4, -0.2) is 67.5 Å². The van der Waals surface area contributed by atoms with E-state index in [1.54, 1.807) is 0 Å². The van der Waals surface area contributed by atoms with Crippen LogP contribution in [0.25, 0.3) is 0 Å². The summed E-state index contributed by atoms with van der Waals surface area (Å²) in [7, 11) is 0. The lowest BCUT2D eigenvalue weighted by molar-refractivity contribution is -0.138. The molecule has 16 heavy (non-hydrogen) atoms. The molecular weight excluding hydrogens is 210 g/mol. The molecule has 1 aliphatic rings. The second-order valence-electron chi connectivity index (χ2n) is 3.99. The molecule has 0 aromatic rings. The average Bonchev–Trinajstić information content (AvgIpc) is 2.29. The van der Waals surface area contributed by atoms with E-state index in [2.05, 4.69) is 17.1 Å². The molecule has 2 atom stereocenters. The first-order valence-electron chi connectivity index (χ1n) is 5.66. The van der Waals surface area contributed by atoms with Gasteiger partial charge in [0.25, 0.3) is 0 Å². The van der Waals surface area contributed by atoms with Crippen molar-refractivity contribution >= 4 is 5.97 Å². The molecule has 0 aromatic heterocycles. The predicted octanol–water partition coefficient (Wildman–Crippen LogP) is -1.29. The molecule has 0 aliphatic carbocycles. The van der Waals surface area contributed by atoms with Gasteiger partial charge in [-0.1, -0.05) is 6.92 Å². The fourth-order valence-corrected chi connectivity index (χ4v) is 1.68. The zero-order chi connectivity index (χ0) is 12.0. The summed E-state index contributed by atoms with van der Waals surface area (Å²) < 4.78 is 5.56. The number of carboxylic acids is 1. The summed E-state index contributed by atoms with van der Waals surface area (Å²) in [5, 5.41) is 11.6. The molecule has 1 heterocycles. The minimum atomic E-state index is -0.979. The van der Waals surface area contributed by atoms with E-state index in [0.29, 0.717) is 6.54 Å². The van der Waals surface area contributed by atoms with Crippen molar-refractivity contribution in [3.05, 3.63) is 0 Å². The summed E-state index contributed by atoms with van der Waals surface area (Å²) >= 11 is 0. The zero-order valence-electron chi connectivity index (χ0n) is 9.69. The van der Waals surface area contributed by atoms with Crippen LogP contribution in [-0.2, 0) is 9.53 Å². The SMILES string of the molecule is CCN1CCOC(CNCC(N)C(=O)O)C1. The third-order valence-electron chi connectivity index (χ3n) is 2.72. The van der Waals surface area contributed by atoms with Gasteiger partial charge < -0.3 is 20.9 Å². The summed E-state index contributed by atoms with van der Waals surface area (Å²) in [6.45, 7) is 6.68. The summed E-state index contributed by atoms with van der Waals surface area (Å²) in [4.78, 5) is 12.8.